The van der Waals surface area contributed by atoms with Gasteiger partial charge in [0.05, 0.1) is 5.60 Å². The van der Waals surface area contributed by atoms with Gasteiger partial charge in [-0.15, -0.1) is 5.10 Å². The Kier molecular flexibility index (Phi) is 2.93. The van der Waals surface area contributed by atoms with Crippen molar-refractivity contribution in [1.29, 1.82) is 0 Å². The molecule has 3 rings (SSSR count). The van der Waals surface area contributed by atoms with Crippen LogP contribution in [-0.2, 0) is 4.74 Å². The standard InChI is InChI=1S/C14H20N4O/c1-10-4-5-12-16-13(17-18(12)9-10)15-11-6-7-19-14(2,3)8-11/h4-5,9,11H,6-8H2,1-3H3,(H,15,17). The van der Waals surface area contributed by atoms with Crippen LogP contribution in [0.1, 0.15) is 32.3 Å². The highest BCUT2D eigenvalue weighted by atomic mass is 16.5. The van der Waals surface area contributed by atoms with Crippen LogP contribution in [0.4, 0.5) is 5.95 Å². The lowest BCUT2D eigenvalue weighted by atomic mass is 9.94. The zero-order chi connectivity index (χ0) is 13.5. The molecule has 0 spiro atoms. The molecule has 3 heterocycles. The third kappa shape index (κ3) is 2.71. The van der Waals surface area contributed by atoms with Crippen molar-refractivity contribution < 1.29 is 4.74 Å². The van der Waals surface area contributed by atoms with E-state index in [0.29, 0.717) is 12.0 Å². The Labute approximate surface area is 113 Å². The van der Waals surface area contributed by atoms with E-state index in [2.05, 4.69) is 36.2 Å². The fourth-order valence-corrected chi connectivity index (χ4v) is 2.58. The van der Waals surface area contributed by atoms with Gasteiger partial charge in [-0.25, -0.2) is 4.52 Å². The maximum atomic E-state index is 5.72. The molecule has 1 aliphatic heterocycles. The van der Waals surface area contributed by atoms with Gasteiger partial charge in [-0.1, -0.05) is 6.07 Å². The lowest BCUT2D eigenvalue weighted by Gasteiger charge is -2.35. The number of fused-ring (bicyclic) bond motifs is 1. The van der Waals surface area contributed by atoms with Gasteiger partial charge in [0.25, 0.3) is 0 Å². The quantitative estimate of drug-likeness (QED) is 0.901. The second-order valence-corrected chi connectivity index (χ2v) is 5.89. The molecule has 2 aromatic rings. The smallest absolute Gasteiger partial charge is 0.243 e. The van der Waals surface area contributed by atoms with E-state index in [1.54, 1.807) is 0 Å². The Balaban J connectivity index is 1.77. The van der Waals surface area contributed by atoms with E-state index in [9.17, 15) is 0 Å². The van der Waals surface area contributed by atoms with Gasteiger partial charge in [0.1, 0.15) is 0 Å². The maximum absolute atomic E-state index is 5.72. The number of aryl methyl sites for hydroxylation is 1. The van der Waals surface area contributed by atoms with Crippen molar-refractivity contribution in [2.24, 2.45) is 0 Å². The second kappa shape index (κ2) is 4.49. The summed E-state index contributed by atoms with van der Waals surface area (Å²) in [5, 5.41) is 7.89. The number of nitrogens with one attached hydrogen (secondary N) is 1. The molecule has 0 aromatic carbocycles. The first kappa shape index (κ1) is 12.4. The molecule has 5 heteroatoms. The Hall–Kier alpha value is -1.62. The summed E-state index contributed by atoms with van der Waals surface area (Å²) in [4.78, 5) is 4.50. The predicted molar refractivity (Wildman–Crippen MR) is 74.4 cm³/mol. The molecule has 0 saturated carbocycles. The lowest BCUT2D eigenvalue weighted by Crippen LogP contribution is -2.40. The van der Waals surface area contributed by atoms with Crippen molar-refractivity contribution in [3.05, 3.63) is 23.9 Å². The summed E-state index contributed by atoms with van der Waals surface area (Å²) in [5.41, 5.74) is 1.99. The van der Waals surface area contributed by atoms with Gasteiger partial charge in [0.15, 0.2) is 5.65 Å². The molecule has 1 aliphatic rings. The number of anilines is 1. The number of nitrogens with zero attached hydrogens (tertiary/aromatic N) is 3. The van der Waals surface area contributed by atoms with Crippen molar-refractivity contribution in [2.45, 2.75) is 45.3 Å². The van der Waals surface area contributed by atoms with E-state index in [0.717, 1.165) is 25.1 Å². The van der Waals surface area contributed by atoms with Gasteiger partial charge in [-0.2, -0.15) is 4.98 Å². The molecule has 1 fully saturated rings. The van der Waals surface area contributed by atoms with Crippen LogP contribution in [0.15, 0.2) is 18.3 Å². The Morgan fingerprint density at radius 1 is 1.42 bits per heavy atom. The average Bonchev–Trinajstić information content (AvgIpc) is 2.68. The summed E-state index contributed by atoms with van der Waals surface area (Å²) < 4.78 is 7.54. The fourth-order valence-electron chi connectivity index (χ4n) is 2.58. The second-order valence-electron chi connectivity index (χ2n) is 5.89. The molecule has 1 atom stereocenters. The van der Waals surface area contributed by atoms with Crippen molar-refractivity contribution >= 4 is 11.6 Å². The zero-order valence-electron chi connectivity index (χ0n) is 11.7. The summed E-state index contributed by atoms with van der Waals surface area (Å²) in [6.07, 6.45) is 3.96. The highest BCUT2D eigenvalue weighted by molar-refractivity contribution is 5.44. The zero-order valence-corrected chi connectivity index (χ0v) is 11.7. The molecular formula is C14H20N4O. The van der Waals surface area contributed by atoms with E-state index in [1.807, 2.05) is 22.8 Å². The first-order chi connectivity index (χ1) is 9.02. The molecule has 0 bridgehead atoms. The predicted octanol–water partition coefficient (Wildman–Crippen LogP) is 2.41. The molecule has 5 nitrogen and oxygen atoms in total. The van der Waals surface area contributed by atoms with Gasteiger partial charge >= 0.3 is 0 Å². The highest BCUT2D eigenvalue weighted by Gasteiger charge is 2.29. The van der Waals surface area contributed by atoms with Crippen LogP contribution in [0.5, 0.6) is 0 Å². The summed E-state index contributed by atoms with van der Waals surface area (Å²) in [6.45, 7) is 7.09. The fraction of sp³-hybridized carbons (Fsp3) is 0.571. The molecule has 0 aliphatic carbocycles. The Morgan fingerprint density at radius 3 is 3.05 bits per heavy atom. The minimum Gasteiger partial charge on any atom is -0.375 e. The molecular weight excluding hydrogens is 240 g/mol. The van der Waals surface area contributed by atoms with Crippen molar-refractivity contribution in [3.63, 3.8) is 0 Å². The number of hydrogen-bond acceptors (Lipinski definition) is 4. The largest absolute Gasteiger partial charge is 0.375 e. The topological polar surface area (TPSA) is 51.5 Å². The number of ether oxygens (including phenoxy) is 1. The molecule has 2 aromatic heterocycles. The Morgan fingerprint density at radius 2 is 2.26 bits per heavy atom. The van der Waals surface area contributed by atoms with Gasteiger partial charge in [-0.3, -0.25) is 0 Å². The van der Waals surface area contributed by atoms with Gasteiger partial charge in [0, 0.05) is 18.8 Å². The van der Waals surface area contributed by atoms with Gasteiger partial charge in [0.2, 0.25) is 5.95 Å². The molecule has 1 unspecified atom stereocenters. The molecule has 102 valence electrons. The van der Waals surface area contributed by atoms with Crippen LogP contribution in [0, 0.1) is 6.92 Å². The molecule has 0 radical (unpaired) electrons. The monoisotopic (exact) mass is 260 g/mol. The third-order valence-corrected chi connectivity index (χ3v) is 3.51. The van der Waals surface area contributed by atoms with Crippen molar-refractivity contribution in [3.8, 4) is 0 Å². The van der Waals surface area contributed by atoms with Crippen molar-refractivity contribution in [1.82, 2.24) is 14.6 Å². The summed E-state index contributed by atoms with van der Waals surface area (Å²) in [6, 6.07) is 4.41. The summed E-state index contributed by atoms with van der Waals surface area (Å²) in [7, 11) is 0. The first-order valence-electron chi connectivity index (χ1n) is 6.75. The molecule has 19 heavy (non-hydrogen) atoms. The first-order valence-corrected chi connectivity index (χ1v) is 6.75. The Bertz CT molecular complexity index is 590. The third-order valence-electron chi connectivity index (χ3n) is 3.51. The minimum absolute atomic E-state index is 0.0638. The van der Waals surface area contributed by atoms with Crippen LogP contribution in [-0.4, -0.2) is 32.8 Å². The average molecular weight is 260 g/mol. The molecule has 1 N–H and O–H groups in total. The lowest BCUT2D eigenvalue weighted by molar-refractivity contribution is -0.0553. The minimum atomic E-state index is -0.0638. The number of aromatic nitrogens is 3. The van der Waals surface area contributed by atoms with Crippen LogP contribution >= 0.6 is 0 Å². The normalized spacial score (nSPS) is 22.6. The number of rotatable bonds is 2. The van der Waals surface area contributed by atoms with Crippen molar-refractivity contribution in [2.75, 3.05) is 11.9 Å². The van der Waals surface area contributed by atoms with Crippen LogP contribution in [0.25, 0.3) is 5.65 Å². The van der Waals surface area contributed by atoms with E-state index < -0.39 is 0 Å². The van der Waals surface area contributed by atoms with Crippen LogP contribution < -0.4 is 5.32 Å². The van der Waals surface area contributed by atoms with E-state index in [1.165, 1.54) is 5.56 Å². The highest BCUT2D eigenvalue weighted by Crippen LogP contribution is 2.25. The maximum Gasteiger partial charge on any atom is 0.243 e. The summed E-state index contributed by atoms with van der Waals surface area (Å²) >= 11 is 0. The van der Waals surface area contributed by atoms with Crippen LogP contribution in [0.2, 0.25) is 0 Å². The van der Waals surface area contributed by atoms with E-state index in [-0.39, 0.29) is 5.60 Å². The van der Waals surface area contributed by atoms with E-state index >= 15 is 0 Å². The SMILES string of the molecule is Cc1ccc2nc(NC3CCOC(C)(C)C3)nn2c1. The molecule has 0 amide bonds. The molecule has 1 saturated heterocycles. The van der Waals surface area contributed by atoms with Gasteiger partial charge < -0.3 is 10.1 Å². The van der Waals surface area contributed by atoms with E-state index in [4.69, 9.17) is 4.74 Å². The van der Waals surface area contributed by atoms with Crippen LogP contribution in [0.3, 0.4) is 0 Å². The summed E-state index contributed by atoms with van der Waals surface area (Å²) in [5.74, 6) is 0.702. The van der Waals surface area contributed by atoms with Gasteiger partial charge in [-0.05, 0) is 45.2 Å². The number of hydrogen-bond donors (Lipinski definition) is 1. The number of pyridine rings is 1.